The maximum atomic E-state index is 12.3. The van der Waals surface area contributed by atoms with E-state index in [4.69, 9.17) is 9.84 Å². The maximum Gasteiger partial charge on any atom is 0.407 e. The van der Waals surface area contributed by atoms with E-state index in [0.29, 0.717) is 19.4 Å². The van der Waals surface area contributed by atoms with Crippen LogP contribution in [0.5, 0.6) is 0 Å². The summed E-state index contributed by atoms with van der Waals surface area (Å²) < 4.78 is 33.9. The van der Waals surface area contributed by atoms with E-state index in [-0.39, 0.29) is 23.5 Å². The predicted octanol–water partition coefficient (Wildman–Crippen LogP) is 2.63. The molecule has 146 valence electrons. The molecule has 0 bridgehead atoms. The molecule has 0 heterocycles. The number of nitrogens with one attached hydrogen (secondary N) is 2. The second-order valence-electron chi connectivity index (χ2n) is 7.72. The molecule has 1 saturated carbocycles. The van der Waals surface area contributed by atoms with Crippen molar-refractivity contribution in [2.75, 3.05) is 19.8 Å². The molecule has 7 nitrogen and oxygen atoms in total. The minimum absolute atomic E-state index is 0.123. The number of ether oxygens (including phenoxy) is 2. The smallest absolute Gasteiger partial charge is 0.407 e. The van der Waals surface area contributed by atoms with E-state index < -0.39 is 24.9 Å². The molecular formula is C16H28F2N2O5. The van der Waals surface area contributed by atoms with Crippen LogP contribution in [0.2, 0.25) is 0 Å². The van der Waals surface area contributed by atoms with Crippen LogP contribution >= 0.6 is 0 Å². The summed E-state index contributed by atoms with van der Waals surface area (Å²) in [5.41, 5.74) is -0.421. The highest BCUT2D eigenvalue weighted by Crippen LogP contribution is 2.45. The summed E-state index contributed by atoms with van der Waals surface area (Å²) in [6.07, 6.45) is -3.55. The molecule has 0 spiro atoms. The number of rotatable bonds is 6. The van der Waals surface area contributed by atoms with Gasteiger partial charge < -0.3 is 25.2 Å². The van der Waals surface area contributed by atoms with Crippen LogP contribution in [0, 0.1) is 10.8 Å². The summed E-state index contributed by atoms with van der Waals surface area (Å²) in [7, 11) is 0. The van der Waals surface area contributed by atoms with Crippen molar-refractivity contribution in [3.05, 3.63) is 0 Å². The standard InChI is InChI=1S/C16H28F2N2O5/c1-5-24-12(21)19-9-15(4)7-11(6-14(2,3)8-15)20-13(22)25-10-16(17,18)23/h11,23H,5-10H2,1-4H3,(H,19,21)(H,20,22). The number of aliphatic hydroxyl groups is 1. The van der Waals surface area contributed by atoms with Crippen molar-refractivity contribution in [2.24, 2.45) is 10.8 Å². The van der Waals surface area contributed by atoms with E-state index >= 15 is 0 Å². The molecule has 0 aromatic carbocycles. The molecular weight excluding hydrogens is 338 g/mol. The quantitative estimate of drug-likeness (QED) is 0.671. The van der Waals surface area contributed by atoms with Crippen LogP contribution in [0.15, 0.2) is 0 Å². The van der Waals surface area contributed by atoms with Gasteiger partial charge in [0, 0.05) is 12.6 Å². The van der Waals surface area contributed by atoms with E-state index in [1.807, 2.05) is 20.8 Å². The molecule has 1 aliphatic carbocycles. The monoisotopic (exact) mass is 366 g/mol. The van der Waals surface area contributed by atoms with E-state index in [2.05, 4.69) is 15.4 Å². The van der Waals surface area contributed by atoms with Gasteiger partial charge in [-0.3, -0.25) is 0 Å². The molecule has 2 amide bonds. The fourth-order valence-electron chi connectivity index (χ4n) is 3.70. The molecule has 25 heavy (non-hydrogen) atoms. The Morgan fingerprint density at radius 1 is 1.20 bits per heavy atom. The molecule has 2 atom stereocenters. The summed E-state index contributed by atoms with van der Waals surface area (Å²) in [6, 6.07) is -0.294. The second-order valence-corrected chi connectivity index (χ2v) is 7.72. The largest absolute Gasteiger partial charge is 0.450 e. The lowest BCUT2D eigenvalue weighted by Gasteiger charge is -2.46. The number of amides is 2. The lowest BCUT2D eigenvalue weighted by atomic mass is 9.62. The molecule has 0 radical (unpaired) electrons. The van der Waals surface area contributed by atoms with Gasteiger partial charge in [0.1, 0.15) is 0 Å². The Hall–Kier alpha value is -1.64. The first-order valence-electron chi connectivity index (χ1n) is 8.28. The number of alkyl halides is 2. The van der Waals surface area contributed by atoms with Crippen LogP contribution in [-0.2, 0) is 9.47 Å². The van der Waals surface area contributed by atoms with E-state index in [0.717, 1.165) is 6.42 Å². The van der Waals surface area contributed by atoms with Crippen LogP contribution in [0.3, 0.4) is 0 Å². The van der Waals surface area contributed by atoms with Gasteiger partial charge in [-0.15, -0.1) is 0 Å². The highest BCUT2D eigenvalue weighted by atomic mass is 19.3. The van der Waals surface area contributed by atoms with Crippen molar-refractivity contribution in [1.82, 2.24) is 10.6 Å². The van der Waals surface area contributed by atoms with Gasteiger partial charge in [0.05, 0.1) is 6.61 Å². The molecule has 0 aliphatic heterocycles. The molecule has 0 aromatic heterocycles. The van der Waals surface area contributed by atoms with Crippen molar-refractivity contribution < 1.29 is 33.0 Å². The van der Waals surface area contributed by atoms with Gasteiger partial charge in [-0.05, 0) is 37.0 Å². The van der Waals surface area contributed by atoms with Gasteiger partial charge in [-0.2, -0.15) is 8.78 Å². The highest BCUT2D eigenvalue weighted by molar-refractivity contribution is 5.68. The summed E-state index contributed by atoms with van der Waals surface area (Å²) in [5.74, 6) is 0. The normalized spacial score (nSPS) is 25.8. The molecule has 9 heteroatoms. The highest BCUT2D eigenvalue weighted by Gasteiger charge is 2.42. The van der Waals surface area contributed by atoms with Crippen molar-refractivity contribution >= 4 is 12.2 Å². The van der Waals surface area contributed by atoms with Crippen molar-refractivity contribution in [2.45, 2.75) is 59.1 Å². The van der Waals surface area contributed by atoms with Crippen LogP contribution in [0.1, 0.15) is 47.0 Å². The first-order chi connectivity index (χ1) is 11.3. The summed E-state index contributed by atoms with van der Waals surface area (Å²) >= 11 is 0. The first-order valence-corrected chi connectivity index (χ1v) is 8.28. The Bertz CT molecular complexity index is 482. The molecule has 2 unspecified atom stereocenters. The number of carbonyl (C=O) groups is 2. The number of hydrogen-bond acceptors (Lipinski definition) is 5. The Morgan fingerprint density at radius 2 is 1.84 bits per heavy atom. The zero-order chi connectivity index (χ0) is 19.3. The second kappa shape index (κ2) is 8.16. The van der Waals surface area contributed by atoms with Gasteiger partial charge in [-0.25, -0.2) is 9.59 Å². The predicted molar refractivity (Wildman–Crippen MR) is 86.2 cm³/mol. The molecule has 0 saturated heterocycles. The summed E-state index contributed by atoms with van der Waals surface area (Å²) in [5, 5.41) is 13.6. The van der Waals surface area contributed by atoms with Crippen molar-refractivity contribution in [3.63, 3.8) is 0 Å². The van der Waals surface area contributed by atoms with Crippen molar-refractivity contribution in [3.8, 4) is 0 Å². The Balaban J connectivity index is 2.63. The molecule has 1 aliphatic rings. The van der Waals surface area contributed by atoms with Gasteiger partial charge in [0.2, 0.25) is 0 Å². The zero-order valence-electron chi connectivity index (χ0n) is 15.2. The van der Waals surface area contributed by atoms with Gasteiger partial charge in [0.25, 0.3) is 0 Å². The lowest BCUT2D eigenvalue weighted by Crippen LogP contribution is -2.50. The fraction of sp³-hybridized carbons (Fsp3) is 0.875. The summed E-state index contributed by atoms with van der Waals surface area (Å²) in [6.45, 7) is 7.04. The van der Waals surface area contributed by atoms with E-state index in [1.165, 1.54) is 0 Å². The van der Waals surface area contributed by atoms with Gasteiger partial charge in [-0.1, -0.05) is 20.8 Å². The third-order valence-electron chi connectivity index (χ3n) is 4.08. The SMILES string of the molecule is CCOC(=O)NCC1(C)CC(NC(=O)OCC(O)(F)F)CC(C)(C)C1. The summed E-state index contributed by atoms with van der Waals surface area (Å²) in [4.78, 5) is 23.2. The Labute approximate surface area is 146 Å². The molecule has 1 rings (SSSR count). The number of halogens is 2. The number of carbonyl (C=O) groups excluding carboxylic acids is 2. The van der Waals surface area contributed by atoms with E-state index in [9.17, 15) is 18.4 Å². The third kappa shape index (κ3) is 8.33. The Morgan fingerprint density at radius 3 is 2.40 bits per heavy atom. The average molecular weight is 366 g/mol. The van der Waals surface area contributed by atoms with Crippen LogP contribution < -0.4 is 10.6 Å². The van der Waals surface area contributed by atoms with Crippen molar-refractivity contribution in [1.29, 1.82) is 0 Å². The van der Waals surface area contributed by atoms with Crippen LogP contribution in [0.25, 0.3) is 0 Å². The van der Waals surface area contributed by atoms with Crippen LogP contribution in [-0.4, -0.2) is 49.2 Å². The van der Waals surface area contributed by atoms with Gasteiger partial charge in [0.15, 0.2) is 6.61 Å². The van der Waals surface area contributed by atoms with Crippen LogP contribution in [0.4, 0.5) is 18.4 Å². The average Bonchev–Trinajstić information content (AvgIpc) is 2.40. The lowest BCUT2D eigenvalue weighted by molar-refractivity contribution is -0.221. The molecule has 0 aromatic rings. The van der Waals surface area contributed by atoms with E-state index in [1.54, 1.807) is 6.92 Å². The number of hydrogen-bond donors (Lipinski definition) is 3. The first kappa shape index (κ1) is 21.4. The fourth-order valence-corrected chi connectivity index (χ4v) is 3.70. The van der Waals surface area contributed by atoms with Gasteiger partial charge >= 0.3 is 18.3 Å². The zero-order valence-corrected chi connectivity index (χ0v) is 15.2. The molecule has 1 fully saturated rings. The number of alkyl carbamates (subject to hydrolysis) is 2. The topological polar surface area (TPSA) is 96.9 Å². The minimum Gasteiger partial charge on any atom is -0.450 e. The molecule has 3 N–H and O–H groups in total. The Kier molecular flexibility index (Phi) is 6.99. The third-order valence-corrected chi connectivity index (χ3v) is 4.08. The maximum absolute atomic E-state index is 12.3. The minimum atomic E-state index is -4.05.